The van der Waals surface area contributed by atoms with E-state index in [1.807, 2.05) is 43.5 Å². The largest absolute Gasteiger partial charge is 0.275 e. The molecule has 0 unspecified atom stereocenters. The predicted molar refractivity (Wildman–Crippen MR) is 99.3 cm³/mol. The fraction of sp³-hybridized carbons (Fsp3) is 0.211. The van der Waals surface area contributed by atoms with E-state index in [-0.39, 0.29) is 5.56 Å². The van der Waals surface area contributed by atoms with E-state index in [2.05, 4.69) is 23.8 Å². The van der Waals surface area contributed by atoms with Crippen LogP contribution in [0.2, 0.25) is 0 Å². The molecule has 4 rings (SSSR count). The summed E-state index contributed by atoms with van der Waals surface area (Å²) in [6.07, 6.45) is 3.43. The van der Waals surface area contributed by atoms with Crippen molar-refractivity contribution in [2.45, 2.75) is 26.7 Å². The SMILES string of the molecule is Cc1ccc(-n2cnc3c(sc4nccc(C(C)C)c43)c2=O)cc1. The molecule has 0 N–H and O–H groups in total. The van der Waals surface area contributed by atoms with Crippen LogP contribution >= 0.6 is 11.3 Å². The zero-order chi connectivity index (χ0) is 16.8. The molecule has 0 saturated carbocycles. The quantitative estimate of drug-likeness (QED) is 0.544. The van der Waals surface area contributed by atoms with Gasteiger partial charge in [-0.25, -0.2) is 9.97 Å². The molecule has 5 heteroatoms. The fourth-order valence-electron chi connectivity index (χ4n) is 2.95. The van der Waals surface area contributed by atoms with Gasteiger partial charge in [-0.3, -0.25) is 9.36 Å². The fourth-order valence-corrected chi connectivity index (χ4v) is 4.01. The summed E-state index contributed by atoms with van der Waals surface area (Å²) in [6, 6.07) is 9.89. The molecule has 4 nitrogen and oxygen atoms in total. The van der Waals surface area contributed by atoms with Gasteiger partial charge in [0.15, 0.2) is 0 Å². The van der Waals surface area contributed by atoms with Gasteiger partial charge in [0.25, 0.3) is 5.56 Å². The van der Waals surface area contributed by atoms with Crippen molar-refractivity contribution in [1.82, 2.24) is 14.5 Å². The van der Waals surface area contributed by atoms with E-state index in [0.29, 0.717) is 10.6 Å². The van der Waals surface area contributed by atoms with E-state index < -0.39 is 0 Å². The van der Waals surface area contributed by atoms with Crippen molar-refractivity contribution in [2.75, 3.05) is 0 Å². The Morgan fingerprint density at radius 3 is 2.54 bits per heavy atom. The van der Waals surface area contributed by atoms with E-state index in [0.717, 1.165) is 27.0 Å². The number of fused-ring (bicyclic) bond motifs is 3. The zero-order valence-electron chi connectivity index (χ0n) is 13.8. The second kappa shape index (κ2) is 5.53. The summed E-state index contributed by atoms with van der Waals surface area (Å²) < 4.78 is 2.26. The van der Waals surface area contributed by atoms with Crippen molar-refractivity contribution in [1.29, 1.82) is 0 Å². The van der Waals surface area contributed by atoms with Crippen LogP contribution < -0.4 is 5.56 Å². The van der Waals surface area contributed by atoms with Crippen LogP contribution in [0.3, 0.4) is 0 Å². The Bertz CT molecular complexity index is 1110. The molecule has 3 heterocycles. The minimum Gasteiger partial charge on any atom is -0.267 e. The normalized spacial score (nSPS) is 11.7. The second-order valence-electron chi connectivity index (χ2n) is 6.27. The summed E-state index contributed by atoms with van der Waals surface area (Å²) in [7, 11) is 0. The smallest absolute Gasteiger partial charge is 0.267 e. The average molecular weight is 335 g/mol. The summed E-state index contributed by atoms with van der Waals surface area (Å²) in [4.78, 5) is 22.9. The van der Waals surface area contributed by atoms with Gasteiger partial charge in [0.1, 0.15) is 15.9 Å². The van der Waals surface area contributed by atoms with Crippen LogP contribution in [0.5, 0.6) is 0 Å². The summed E-state index contributed by atoms with van der Waals surface area (Å²) in [5.41, 5.74) is 3.90. The summed E-state index contributed by atoms with van der Waals surface area (Å²) in [5, 5.41) is 1.01. The molecule has 0 fully saturated rings. The maximum Gasteiger partial charge on any atom is 0.275 e. The van der Waals surface area contributed by atoms with Crippen LogP contribution in [0.25, 0.3) is 26.1 Å². The van der Waals surface area contributed by atoms with E-state index >= 15 is 0 Å². The molecule has 4 aromatic rings. The van der Waals surface area contributed by atoms with E-state index in [9.17, 15) is 4.79 Å². The van der Waals surface area contributed by atoms with Gasteiger partial charge in [-0.15, -0.1) is 11.3 Å². The second-order valence-corrected chi connectivity index (χ2v) is 7.27. The van der Waals surface area contributed by atoms with Crippen molar-refractivity contribution >= 4 is 31.8 Å². The van der Waals surface area contributed by atoms with Crippen LogP contribution in [0.4, 0.5) is 0 Å². The number of rotatable bonds is 2. The van der Waals surface area contributed by atoms with E-state index in [4.69, 9.17) is 0 Å². The molecule has 24 heavy (non-hydrogen) atoms. The zero-order valence-corrected chi connectivity index (χ0v) is 14.6. The maximum atomic E-state index is 13.0. The third-order valence-electron chi connectivity index (χ3n) is 4.25. The molecule has 0 aliphatic rings. The van der Waals surface area contributed by atoms with Gasteiger partial charge in [-0.05, 0) is 36.6 Å². The standard InChI is InChI=1S/C19H17N3OS/c1-11(2)14-8-9-20-18-15(14)16-17(24-18)19(23)22(10-21-16)13-6-4-12(3)5-7-13/h4-11H,1-3H3. The predicted octanol–water partition coefficient (Wildman–Crippen LogP) is 4.43. The molecule has 0 aliphatic heterocycles. The molecule has 1 aromatic carbocycles. The number of pyridine rings is 1. The first-order chi connectivity index (χ1) is 11.6. The van der Waals surface area contributed by atoms with Crippen molar-refractivity contribution in [3.8, 4) is 5.69 Å². The Hall–Kier alpha value is -2.53. The van der Waals surface area contributed by atoms with Crippen molar-refractivity contribution in [3.05, 3.63) is 64.3 Å². The summed E-state index contributed by atoms with van der Waals surface area (Å²) in [6.45, 7) is 6.32. The summed E-state index contributed by atoms with van der Waals surface area (Å²) in [5.74, 6) is 0.356. The first-order valence-electron chi connectivity index (χ1n) is 7.92. The monoisotopic (exact) mass is 335 g/mol. The summed E-state index contributed by atoms with van der Waals surface area (Å²) >= 11 is 1.42. The number of thiophene rings is 1. The number of hydrogen-bond donors (Lipinski definition) is 0. The lowest BCUT2D eigenvalue weighted by atomic mass is 10.0. The van der Waals surface area contributed by atoms with Crippen LogP contribution in [0, 0.1) is 6.92 Å². The Morgan fingerprint density at radius 1 is 1.08 bits per heavy atom. The molecule has 0 bridgehead atoms. The molecule has 0 spiro atoms. The van der Waals surface area contributed by atoms with Crippen molar-refractivity contribution in [2.24, 2.45) is 0 Å². The first kappa shape index (κ1) is 15.0. The minimum absolute atomic E-state index is 0.0402. The number of hydrogen-bond acceptors (Lipinski definition) is 4. The Morgan fingerprint density at radius 2 is 1.83 bits per heavy atom. The highest BCUT2D eigenvalue weighted by Crippen LogP contribution is 2.34. The van der Waals surface area contributed by atoms with E-state index in [1.54, 1.807) is 10.9 Å². The molecule has 120 valence electrons. The minimum atomic E-state index is -0.0402. The molecular formula is C19H17N3OS. The molecule has 0 saturated heterocycles. The molecule has 0 radical (unpaired) electrons. The maximum absolute atomic E-state index is 13.0. The molecular weight excluding hydrogens is 318 g/mol. The Balaban J connectivity index is 2.04. The van der Waals surface area contributed by atoms with Gasteiger partial charge in [0.2, 0.25) is 0 Å². The van der Waals surface area contributed by atoms with Gasteiger partial charge >= 0.3 is 0 Å². The Kier molecular flexibility index (Phi) is 3.46. The van der Waals surface area contributed by atoms with Gasteiger partial charge in [-0.2, -0.15) is 0 Å². The third kappa shape index (κ3) is 2.24. The third-order valence-corrected chi connectivity index (χ3v) is 5.32. The number of benzene rings is 1. The highest BCUT2D eigenvalue weighted by Gasteiger charge is 2.17. The van der Waals surface area contributed by atoms with Gasteiger partial charge in [0.05, 0.1) is 11.2 Å². The highest BCUT2D eigenvalue weighted by atomic mass is 32.1. The highest BCUT2D eigenvalue weighted by molar-refractivity contribution is 7.25. The number of aryl methyl sites for hydroxylation is 1. The van der Waals surface area contributed by atoms with Crippen molar-refractivity contribution < 1.29 is 0 Å². The van der Waals surface area contributed by atoms with Gasteiger partial charge in [-0.1, -0.05) is 31.5 Å². The molecule has 3 aromatic heterocycles. The first-order valence-corrected chi connectivity index (χ1v) is 8.73. The van der Waals surface area contributed by atoms with Crippen LogP contribution in [0.15, 0.2) is 47.7 Å². The average Bonchev–Trinajstić information content (AvgIpc) is 2.96. The number of aromatic nitrogens is 3. The topological polar surface area (TPSA) is 47.8 Å². The molecule has 0 atom stereocenters. The van der Waals surface area contributed by atoms with E-state index in [1.165, 1.54) is 16.9 Å². The van der Waals surface area contributed by atoms with Crippen molar-refractivity contribution in [3.63, 3.8) is 0 Å². The van der Waals surface area contributed by atoms with Gasteiger partial charge < -0.3 is 0 Å². The van der Waals surface area contributed by atoms with Crippen LogP contribution in [-0.4, -0.2) is 14.5 Å². The molecule has 0 aliphatic carbocycles. The lowest BCUT2D eigenvalue weighted by molar-refractivity contribution is 0.875. The van der Waals surface area contributed by atoms with Crippen LogP contribution in [-0.2, 0) is 0 Å². The lowest BCUT2D eigenvalue weighted by Crippen LogP contribution is -2.17. The van der Waals surface area contributed by atoms with Crippen LogP contribution in [0.1, 0.15) is 30.9 Å². The lowest BCUT2D eigenvalue weighted by Gasteiger charge is -2.07. The Labute approximate surface area is 143 Å². The number of nitrogens with zero attached hydrogens (tertiary/aromatic N) is 3. The molecule has 0 amide bonds. The van der Waals surface area contributed by atoms with Gasteiger partial charge in [0, 0.05) is 11.6 Å².